The Bertz CT molecular complexity index is 473. The minimum atomic E-state index is 0.774. The third-order valence-corrected chi connectivity index (χ3v) is 6.52. The van der Waals surface area contributed by atoms with Crippen LogP contribution in [0.15, 0.2) is 36.9 Å². The highest BCUT2D eigenvalue weighted by Crippen LogP contribution is 2.44. The number of benzene rings is 1. The van der Waals surface area contributed by atoms with Gasteiger partial charge in [0, 0.05) is 5.69 Å². The largest absolute Gasteiger partial charge is 0.399 e. The number of rotatable bonds is 5. The van der Waals surface area contributed by atoms with Crippen LogP contribution >= 0.6 is 0 Å². The Hall–Kier alpha value is -1.24. The molecule has 0 unspecified atom stereocenters. The van der Waals surface area contributed by atoms with Crippen LogP contribution in [0.3, 0.4) is 0 Å². The summed E-state index contributed by atoms with van der Waals surface area (Å²) in [6, 6.07) is 8.61. The number of hydrogen-bond donors (Lipinski definition) is 1. The van der Waals surface area contributed by atoms with Crippen molar-refractivity contribution in [1.29, 1.82) is 0 Å². The van der Waals surface area contributed by atoms with Crippen molar-refractivity contribution in [3.05, 3.63) is 42.5 Å². The summed E-state index contributed by atoms with van der Waals surface area (Å²) >= 11 is 0. The van der Waals surface area contributed by atoms with Crippen LogP contribution in [0, 0.1) is 17.8 Å². The number of anilines is 1. The van der Waals surface area contributed by atoms with Crippen LogP contribution in [0.25, 0.3) is 0 Å². The first kappa shape index (κ1) is 16.6. The molecule has 0 atom stereocenters. The van der Waals surface area contributed by atoms with Crippen LogP contribution in [0.1, 0.15) is 75.7 Å². The van der Waals surface area contributed by atoms with Gasteiger partial charge in [-0.05, 0) is 92.7 Å². The van der Waals surface area contributed by atoms with Crippen molar-refractivity contribution in [3.63, 3.8) is 0 Å². The molecule has 23 heavy (non-hydrogen) atoms. The van der Waals surface area contributed by atoms with Crippen molar-refractivity contribution in [2.75, 3.05) is 5.73 Å². The standard InChI is InChI=1S/C22H33N/c1-2-3-4-17-5-7-18(8-6-17)19-9-11-20(12-10-19)21-13-15-22(23)16-14-21/h2,13-20H,1,3-12,23H2. The molecule has 1 aromatic carbocycles. The maximum atomic E-state index is 5.81. The number of allylic oxidation sites excluding steroid dienone is 1. The second-order valence-electron chi connectivity index (χ2n) is 7.93. The highest BCUT2D eigenvalue weighted by atomic mass is 14.5. The summed E-state index contributed by atoms with van der Waals surface area (Å²) < 4.78 is 0. The molecule has 2 aliphatic carbocycles. The van der Waals surface area contributed by atoms with Gasteiger partial charge in [-0.3, -0.25) is 0 Å². The van der Waals surface area contributed by atoms with Gasteiger partial charge in [0.1, 0.15) is 0 Å². The zero-order valence-electron chi connectivity index (χ0n) is 14.6. The van der Waals surface area contributed by atoms with Gasteiger partial charge >= 0.3 is 0 Å². The fourth-order valence-corrected chi connectivity index (χ4v) is 4.99. The Morgan fingerprint density at radius 1 is 0.870 bits per heavy atom. The molecule has 0 radical (unpaired) electrons. The van der Waals surface area contributed by atoms with Gasteiger partial charge in [-0.15, -0.1) is 6.58 Å². The minimum absolute atomic E-state index is 0.774. The van der Waals surface area contributed by atoms with Crippen molar-refractivity contribution in [3.8, 4) is 0 Å². The lowest BCUT2D eigenvalue weighted by atomic mass is 9.68. The molecule has 0 saturated heterocycles. The van der Waals surface area contributed by atoms with Gasteiger partial charge in [0.25, 0.3) is 0 Å². The van der Waals surface area contributed by atoms with E-state index in [-0.39, 0.29) is 0 Å². The average molecular weight is 312 g/mol. The Morgan fingerprint density at radius 3 is 2.00 bits per heavy atom. The topological polar surface area (TPSA) is 26.0 Å². The Morgan fingerprint density at radius 2 is 1.43 bits per heavy atom. The SMILES string of the molecule is C=CCCC1CCC(C2CCC(c3ccc(N)cc3)CC2)CC1. The zero-order chi connectivity index (χ0) is 16.1. The van der Waals surface area contributed by atoms with Crippen LogP contribution in [0.4, 0.5) is 5.69 Å². The number of nitrogens with two attached hydrogens (primary N) is 1. The molecule has 1 nitrogen and oxygen atoms in total. The van der Waals surface area contributed by atoms with Crippen molar-refractivity contribution in [1.82, 2.24) is 0 Å². The van der Waals surface area contributed by atoms with E-state index in [9.17, 15) is 0 Å². The molecule has 0 bridgehead atoms. The smallest absolute Gasteiger partial charge is 0.0314 e. The summed E-state index contributed by atoms with van der Waals surface area (Å²) in [5, 5.41) is 0. The van der Waals surface area contributed by atoms with Gasteiger partial charge in [0.2, 0.25) is 0 Å². The van der Waals surface area contributed by atoms with Crippen LogP contribution in [0.2, 0.25) is 0 Å². The van der Waals surface area contributed by atoms with Gasteiger partial charge in [0.05, 0.1) is 0 Å². The van der Waals surface area contributed by atoms with Crippen LogP contribution in [0.5, 0.6) is 0 Å². The number of hydrogen-bond acceptors (Lipinski definition) is 1. The van der Waals surface area contributed by atoms with E-state index in [1.165, 1.54) is 69.8 Å². The predicted octanol–water partition coefficient (Wildman–Crippen LogP) is 6.32. The molecule has 1 heteroatoms. The Kier molecular flexibility index (Phi) is 5.80. The normalized spacial score (nSPS) is 31.7. The van der Waals surface area contributed by atoms with E-state index in [1.54, 1.807) is 0 Å². The summed E-state index contributed by atoms with van der Waals surface area (Å²) in [6.45, 7) is 3.86. The second-order valence-corrected chi connectivity index (χ2v) is 7.93. The summed E-state index contributed by atoms with van der Waals surface area (Å²) in [5.74, 6) is 3.77. The molecule has 126 valence electrons. The molecule has 3 rings (SSSR count). The van der Waals surface area contributed by atoms with Crippen molar-refractivity contribution in [2.45, 2.75) is 70.1 Å². The van der Waals surface area contributed by atoms with Crippen molar-refractivity contribution >= 4 is 5.69 Å². The fraction of sp³-hybridized carbons (Fsp3) is 0.636. The maximum Gasteiger partial charge on any atom is 0.0314 e. The molecule has 0 aliphatic heterocycles. The lowest BCUT2D eigenvalue weighted by Gasteiger charge is -2.38. The molecule has 0 aromatic heterocycles. The molecule has 0 amide bonds. The summed E-state index contributed by atoms with van der Waals surface area (Å²) in [7, 11) is 0. The second kappa shape index (κ2) is 8.04. The minimum Gasteiger partial charge on any atom is -0.399 e. The van der Waals surface area contributed by atoms with E-state index in [4.69, 9.17) is 5.73 Å². The first-order chi connectivity index (χ1) is 11.3. The van der Waals surface area contributed by atoms with Gasteiger partial charge < -0.3 is 5.73 Å². The highest BCUT2D eigenvalue weighted by molar-refractivity contribution is 5.40. The van der Waals surface area contributed by atoms with Gasteiger partial charge in [-0.1, -0.05) is 31.1 Å². The molecule has 0 heterocycles. The van der Waals surface area contributed by atoms with Crippen molar-refractivity contribution in [2.24, 2.45) is 17.8 Å². The molecule has 2 N–H and O–H groups in total. The lowest BCUT2D eigenvalue weighted by molar-refractivity contribution is 0.157. The summed E-state index contributed by atoms with van der Waals surface area (Å²) in [5.41, 5.74) is 8.20. The maximum absolute atomic E-state index is 5.81. The zero-order valence-corrected chi connectivity index (χ0v) is 14.6. The van der Waals surface area contributed by atoms with Crippen molar-refractivity contribution < 1.29 is 0 Å². The summed E-state index contributed by atoms with van der Waals surface area (Å²) in [6.07, 6.45) is 16.2. The molecule has 2 fully saturated rings. The Labute approximate surface area is 142 Å². The molecular formula is C22H33N. The van der Waals surface area contributed by atoms with Crippen LogP contribution in [-0.2, 0) is 0 Å². The quantitative estimate of drug-likeness (QED) is 0.500. The Balaban J connectivity index is 1.44. The first-order valence-corrected chi connectivity index (χ1v) is 9.72. The van der Waals surface area contributed by atoms with Gasteiger partial charge in [-0.2, -0.15) is 0 Å². The van der Waals surface area contributed by atoms with E-state index in [1.807, 2.05) is 0 Å². The fourth-order valence-electron chi connectivity index (χ4n) is 4.99. The van der Waals surface area contributed by atoms with E-state index in [2.05, 4.69) is 36.9 Å². The molecule has 1 aromatic rings. The van der Waals surface area contributed by atoms with E-state index in [0.29, 0.717) is 0 Å². The highest BCUT2D eigenvalue weighted by Gasteiger charge is 2.30. The third-order valence-electron chi connectivity index (χ3n) is 6.52. The van der Waals surface area contributed by atoms with Crippen LogP contribution in [-0.4, -0.2) is 0 Å². The van der Waals surface area contributed by atoms with E-state index < -0.39 is 0 Å². The van der Waals surface area contributed by atoms with Crippen LogP contribution < -0.4 is 5.73 Å². The molecule has 0 spiro atoms. The third kappa shape index (κ3) is 4.40. The lowest BCUT2D eigenvalue weighted by Crippen LogP contribution is -2.25. The number of nitrogen functional groups attached to an aromatic ring is 1. The van der Waals surface area contributed by atoms with Gasteiger partial charge in [0.15, 0.2) is 0 Å². The van der Waals surface area contributed by atoms with E-state index >= 15 is 0 Å². The predicted molar refractivity (Wildman–Crippen MR) is 100 cm³/mol. The summed E-state index contributed by atoms with van der Waals surface area (Å²) in [4.78, 5) is 0. The molecule has 2 saturated carbocycles. The average Bonchev–Trinajstić information content (AvgIpc) is 2.61. The molecular weight excluding hydrogens is 278 g/mol. The monoisotopic (exact) mass is 311 g/mol. The van der Waals surface area contributed by atoms with Gasteiger partial charge in [-0.25, -0.2) is 0 Å². The first-order valence-electron chi connectivity index (χ1n) is 9.72. The molecule has 2 aliphatic rings. The van der Waals surface area contributed by atoms with E-state index in [0.717, 1.165) is 29.4 Å².